The van der Waals surface area contributed by atoms with E-state index in [-0.39, 0.29) is 0 Å². The maximum absolute atomic E-state index is 5.83. The molecule has 2 aliphatic rings. The van der Waals surface area contributed by atoms with E-state index in [2.05, 4.69) is 13.8 Å². The number of nitrogens with two attached hydrogens (primary N) is 1. The highest BCUT2D eigenvalue weighted by Crippen LogP contribution is 2.45. The molecule has 0 aromatic heterocycles. The highest BCUT2D eigenvalue weighted by Gasteiger charge is 2.40. The third kappa shape index (κ3) is 1.50. The predicted molar refractivity (Wildman–Crippen MR) is 50.3 cm³/mol. The summed E-state index contributed by atoms with van der Waals surface area (Å²) in [5.74, 6) is 9.46. The third-order valence-corrected chi connectivity index (χ3v) is 3.53. The SMILES string of the molecule is CC1CN(N)CC(C)C1C1CC1. The van der Waals surface area contributed by atoms with Crippen LogP contribution in [0.5, 0.6) is 0 Å². The van der Waals surface area contributed by atoms with Gasteiger partial charge in [0.05, 0.1) is 0 Å². The van der Waals surface area contributed by atoms with Gasteiger partial charge in [-0.15, -0.1) is 0 Å². The van der Waals surface area contributed by atoms with Gasteiger partial charge in [0.2, 0.25) is 0 Å². The van der Waals surface area contributed by atoms with Crippen LogP contribution >= 0.6 is 0 Å². The first-order valence-electron chi connectivity index (χ1n) is 5.18. The smallest absolute Gasteiger partial charge is 0.0157 e. The van der Waals surface area contributed by atoms with Crippen LogP contribution in [-0.4, -0.2) is 18.1 Å². The second kappa shape index (κ2) is 3.00. The number of rotatable bonds is 1. The van der Waals surface area contributed by atoms with Crippen molar-refractivity contribution in [3.8, 4) is 0 Å². The predicted octanol–water partition coefficient (Wildman–Crippen LogP) is 1.47. The average Bonchev–Trinajstić information content (AvgIpc) is 2.68. The van der Waals surface area contributed by atoms with Gasteiger partial charge in [0.1, 0.15) is 0 Å². The van der Waals surface area contributed by atoms with Crippen LogP contribution in [0.1, 0.15) is 26.7 Å². The summed E-state index contributed by atoms with van der Waals surface area (Å²) >= 11 is 0. The molecule has 0 amide bonds. The summed E-state index contributed by atoms with van der Waals surface area (Å²) in [7, 11) is 0. The summed E-state index contributed by atoms with van der Waals surface area (Å²) in [6, 6.07) is 0. The summed E-state index contributed by atoms with van der Waals surface area (Å²) in [4.78, 5) is 0. The Bertz CT molecular complexity index is 153. The largest absolute Gasteiger partial charge is 0.269 e. The Morgan fingerprint density at radius 1 is 1.08 bits per heavy atom. The van der Waals surface area contributed by atoms with E-state index in [9.17, 15) is 0 Å². The van der Waals surface area contributed by atoms with Crippen LogP contribution in [0, 0.1) is 23.7 Å². The number of hydrazine groups is 1. The second-order valence-electron chi connectivity index (χ2n) is 4.82. The maximum atomic E-state index is 5.83. The zero-order chi connectivity index (χ0) is 8.72. The highest BCUT2D eigenvalue weighted by atomic mass is 15.4. The first-order chi connectivity index (χ1) is 5.68. The van der Waals surface area contributed by atoms with Gasteiger partial charge in [0.25, 0.3) is 0 Å². The van der Waals surface area contributed by atoms with Gasteiger partial charge in [-0.1, -0.05) is 13.8 Å². The molecule has 1 aliphatic carbocycles. The number of hydrogen-bond acceptors (Lipinski definition) is 2. The number of hydrogen-bond donors (Lipinski definition) is 1. The van der Waals surface area contributed by atoms with Gasteiger partial charge in [-0.2, -0.15) is 0 Å². The standard InChI is InChI=1S/C10H20N2/c1-7-5-12(11)6-8(2)10(7)9-3-4-9/h7-10H,3-6,11H2,1-2H3. The topological polar surface area (TPSA) is 29.3 Å². The van der Waals surface area contributed by atoms with Crippen molar-refractivity contribution in [1.82, 2.24) is 5.01 Å². The molecule has 2 unspecified atom stereocenters. The van der Waals surface area contributed by atoms with Crippen LogP contribution in [0.2, 0.25) is 0 Å². The molecular weight excluding hydrogens is 148 g/mol. The minimum atomic E-state index is 0.811. The monoisotopic (exact) mass is 168 g/mol. The molecule has 0 aromatic carbocycles. The van der Waals surface area contributed by atoms with Crippen LogP contribution in [-0.2, 0) is 0 Å². The van der Waals surface area contributed by atoms with Crippen molar-refractivity contribution in [1.29, 1.82) is 0 Å². The minimum Gasteiger partial charge on any atom is -0.269 e. The Morgan fingerprint density at radius 3 is 2.00 bits per heavy atom. The van der Waals surface area contributed by atoms with Gasteiger partial charge < -0.3 is 0 Å². The van der Waals surface area contributed by atoms with Crippen molar-refractivity contribution in [2.75, 3.05) is 13.1 Å². The Morgan fingerprint density at radius 2 is 1.58 bits per heavy atom. The van der Waals surface area contributed by atoms with E-state index in [0.717, 1.165) is 36.8 Å². The fourth-order valence-electron chi connectivity index (χ4n) is 3.03. The van der Waals surface area contributed by atoms with Crippen molar-refractivity contribution in [2.45, 2.75) is 26.7 Å². The second-order valence-corrected chi connectivity index (χ2v) is 4.82. The molecule has 1 saturated heterocycles. The lowest BCUT2D eigenvalue weighted by atomic mass is 9.77. The van der Waals surface area contributed by atoms with E-state index in [1.807, 2.05) is 5.01 Å². The molecule has 12 heavy (non-hydrogen) atoms. The molecule has 2 N–H and O–H groups in total. The van der Waals surface area contributed by atoms with Gasteiger partial charge in [-0.05, 0) is 36.5 Å². The van der Waals surface area contributed by atoms with Gasteiger partial charge in [0.15, 0.2) is 0 Å². The van der Waals surface area contributed by atoms with Gasteiger partial charge in [-0.25, -0.2) is 5.01 Å². The average molecular weight is 168 g/mol. The van der Waals surface area contributed by atoms with Crippen molar-refractivity contribution in [2.24, 2.45) is 29.5 Å². The Kier molecular flexibility index (Phi) is 2.13. The van der Waals surface area contributed by atoms with Gasteiger partial charge in [-0.3, -0.25) is 5.84 Å². The van der Waals surface area contributed by atoms with E-state index in [4.69, 9.17) is 5.84 Å². The molecule has 0 radical (unpaired) electrons. The van der Waals surface area contributed by atoms with E-state index in [1.54, 1.807) is 0 Å². The zero-order valence-electron chi connectivity index (χ0n) is 8.16. The Hall–Kier alpha value is -0.0800. The normalized spacial score (nSPS) is 44.8. The molecule has 2 nitrogen and oxygen atoms in total. The molecule has 0 aromatic rings. The minimum absolute atomic E-state index is 0.811. The maximum Gasteiger partial charge on any atom is 0.0157 e. The molecule has 2 atom stereocenters. The highest BCUT2D eigenvalue weighted by molar-refractivity contribution is 4.91. The third-order valence-electron chi connectivity index (χ3n) is 3.53. The lowest BCUT2D eigenvalue weighted by Gasteiger charge is -2.39. The lowest BCUT2D eigenvalue weighted by Crippen LogP contribution is -2.48. The molecule has 0 spiro atoms. The molecule has 0 bridgehead atoms. The molecule has 2 rings (SSSR count). The van der Waals surface area contributed by atoms with Crippen molar-refractivity contribution in [3.63, 3.8) is 0 Å². The summed E-state index contributed by atoms with van der Waals surface area (Å²) < 4.78 is 0. The molecule has 1 saturated carbocycles. The van der Waals surface area contributed by atoms with Crippen LogP contribution in [0.3, 0.4) is 0 Å². The number of nitrogens with zero attached hydrogens (tertiary/aromatic N) is 1. The Balaban J connectivity index is 2.00. The van der Waals surface area contributed by atoms with E-state index in [0.29, 0.717) is 0 Å². The Labute approximate surface area is 75.1 Å². The van der Waals surface area contributed by atoms with Crippen LogP contribution in [0.15, 0.2) is 0 Å². The summed E-state index contributed by atoms with van der Waals surface area (Å²) in [6.45, 7) is 6.92. The first kappa shape index (κ1) is 8.52. The van der Waals surface area contributed by atoms with Crippen molar-refractivity contribution < 1.29 is 0 Å². The first-order valence-corrected chi connectivity index (χ1v) is 5.18. The van der Waals surface area contributed by atoms with E-state index < -0.39 is 0 Å². The lowest BCUT2D eigenvalue weighted by molar-refractivity contribution is 0.0659. The summed E-state index contributed by atoms with van der Waals surface area (Å²) in [5.41, 5.74) is 0. The van der Waals surface area contributed by atoms with Crippen LogP contribution < -0.4 is 5.84 Å². The number of piperidine rings is 1. The molecular formula is C10H20N2. The summed E-state index contributed by atoms with van der Waals surface area (Å²) in [6.07, 6.45) is 2.95. The van der Waals surface area contributed by atoms with Crippen molar-refractivity contribution in [3.05, 3.63) is 0 Å². The fourth-order valence-corrected chi connectivity index (χ4v) is 3.03. The fraction of sp³-hybridized carbons (Fsp3) is 1.00. The quantitative estimate of drug-likeness (QED) is 0.601. The van der Waals surface area contributed by atoms with E-state index >= 15 is 0 Å². The zero-order valence-corrected chi connectivity index (χ0v) is 8.16. The van der Waals surface area contributed by atoms with Crippen LogP contribution in [0.4, 0.5) is 0 Å². The van der Waals surface area contributed by atoms with Crippen molar-refractivity contribution >= 4 is 0 Å². The molecule has 2 heteroatoms. The molecule has 1 heterocycles. The molecule has 1 aliphatic heterocycles. The molecule has 2 fully saturated rings. The summed E-state index contributed by atoms with van der Waals surface area (Å²) in [5, 5.41) is 1.99. The van der Waals surface area contributed by atoms with Gasteiger partial charge in [0, 0.05) is 13.1 Å². The van der Waals surface area contributed by atoms with Crippen LogP contribution in [0.25, 0.3) is 0 Å². The van der Waals surface area contributed by atoms with E-state index in [1.165, 1.54) is 12.8 Å². The molecule has 70 valence electrons. The van der Waals surface area contributed by atoms with Gasteiger partial charge >= 0.3 is 0 Å².